The van der Waals surface area contributed by atoms with E-state index < -0.39 is 5.54 Å². The molecule has 0 saturated heterocycles. The first-order chi connectivity index (χ1) is 13.5. The summed E-state index contributed by atoms with van der Waals surface area (Å²) in [6.07, 6.45) is 6.83. The Bertz CT molecular complexity index is 1130. The Kier molecular flexibility index (Phi) is 4.66. The van der Waals surface area contributed by atoms with E-state index in [1.165, 1.54) is 11.3 Å². The van der Waals surface area contributed by atoms with E-state index in [0.29, 0.717) is 11.3 Å². The number of thiazole rings is 1. The van der Waals surface area contributed by atoms with Crippen molar-refractivity contribution in [2.75, 3.05) is 6.61 Å². The van der Waals surface area contributed by atoms with Crippen LogP contribution in [0.3, 0.4) is 0 Å². The van der Waals surface area contributed by atoms with Crippen LogP contribution < -0.4 is 5.32 Å². The number of hydrogen-bond donors (Lipinski definition) is 2. The molecule has 4 rings (SSSR count). The Morgan fingerprint density at radius 3 is 2.89 bits per heavy atom. The molecule has 0 aromatic carbocycles. The fraction of sp³-hybridized carbons (Fsp3) is 0.200. The van der Waals surface area contributed by atoms with Crippen LogP contribution in [0.1, 0.15) is 24.2 Å². The summed E-state index contributed by atoms with van der Waals surface area (Å²) < 4.78 is 1.94. The van der Waals surface area contributed by atoms with Crippen molar-refractivity contribution < 1.29 is 9.90 Å². The Labute approximate surface area is 165 Å². The number of amides is 1. The zero-order valence-electron chi connectivity index (χ0n) is 15.5. The molecule has 0 unspecified atom stereocenters. The molecule has 8 heteroatoms. The molecule has 0 aliphatic carbocycles. The molecular weight excluding hydrogens is 374 g/mol. The van der Waals surface area contributed by atoms with Gasteiger partial charge in [0.2, 0.25) is 0 Å². The van der Waals surface area contributed by atoms with Gasteiger partial charge in [0.25, 0.3) is 5.91 Å². The number of fused-ring (bicyclic) bond motifs is 1. The molecule has 28 heavy (non-hydrogen) atoms. The third-order valence-corrected chi connectivity index (χ3v) is 5.18. The molecule has 0 atom stereocenters. The molecule has 0 spiro atoms. The molecule has 0 radical (unpaired) electrons. The van der Waals surface area contributed by atoms with Crippen LogP contribution in [0.5, 0.6) is 0 Å². The van der Waals surface area contributed by atoms with E-state index in [9.17, 15) is 9.90 Å². The van der Waals surface area contributed by atoms with Crippen molar-refractivity contribution >= 4 is 22.8 Å². The summed E-state index contributed by atoms with van der Waals surface area (Å²) in [6, 6.07) is 7.51. The number of carbonyl (C=O) groups excluding carboxylic acids is 1. The summed E-state index contributed by atoms with van der Waals surface area (Å²) in [5.41, 5.74) is 2.88. The first-order valence-electron chi connectivity index (χ1n) is 8.74. The van der Waals surface area contributed by atoms with Gasteiger partial charge in [0.05, 0.1) is 40.8 Å². The third-order valence-electron chi connectivity index (χ3n) is 4.32. The Balaban J connectivity index is 1.77. The van der Waals surface area contributed by atoms with Crippen LogP contribution in [-0.2, 0) is 0 Å². The summed E-state index contributed by atoms with van der Waals surface area (Å²) >= 11 is 1.48. The number of aliphatic hydroxyl groups excluding tert-OH is 1. The highest BCUT2D eigenvalue weighted by atomic mass is 32.1. The van der Waals surface area contributed by atoms with E-state index in [-0.39, 0.29) is 12.5 Å². The predicted octanol–water partition coefficient (Wildman–Crippen LogP) is 3.02. The number of aromatic nitrogens is 4. The van der Waals surface area contributed by atoms with Gasteiger partial charge in [-0.25, -0.2) is 4.98 Å². The number of nitrogens with zero attached hydrogens (tertiary/aromatic N) is 4. The quantitative estimate of drug-likeness (QED) is 0.544. The molecule has 142 valence electrons. The maximum absolute atomic E-state index is 12.8. The first-order valence-corrected chi connectivity index (χ1v) is 9.62. The van der Waals surface area contributed by atoms with Gasteiger partial charge in [0, 0.05) is 24.0 Å². The zero-order valence-corrected chi connectivity index (χ0v) is 16.3. The van der Waals surface area contributed by atoms with E-state index >= 15 is 0 Å². The third kappa shape index (κ3) is 3.39. The molecular formula is C20H19N5O2S. The number of pyridine rings is 1. The van der Waals surface area contributed by atoms with Crippen LogP contribution in [-0.4, -0.2) is 42.5 Å². The average molecular weight is 393 g/mol. The lowest BCUT2D eigenvalue weighted by Gasteiger charge is -2.23. The van der Waals surface area contributed by atoms with Crippen molar-refractivity contribution in [3.63, 3.8) is 0 Å². The topological polar surface area (TPSA) is 92.4 Å². The minimum atomic E-state index is -0.708. The smallest absolute Gasteiger partial charge is 0.253 e. The van der Waals surface area contributed by atoms with Gasteiger partial charge in [-0.3, -0.25) is 14.8 Å². The maximum atomic E-state index is 12.8. The van der Waals surface area contributed by atoms with Gasteiger partial charge in [-0.15, -0.1) is 11.3 Å². The second-order valence-corrected chi connectivity index (χ2v) is 7.88. The standard InChI is InChI=1S/C20H19N5O2S/c1-20(2,12-26)24-18(27)13-9-17(25-8-4-3-5-16(13)25)15-11-28-19(23-15)14-10-21-6-7-22-14/h3-11,26H,12H2,1-2H3,(H,24,27). The molecule has 0 aliphatic heterocycles. The molecule has 0 fully saturated rings. The highest BCUT2D eigenvalue weighted by Gasteiger charge is 2.24. The summed E-state index contributed by atoms with van der Waals surface area (Å²) in [7, 11) is 0. The van der Waals surface area contributed by atoms with Gasteiger partial charge >= 0.3 is 0 Å². The first kappa shape index (κ1) is 18.3. The highest BCUT2D eigenvalue weighted by Crippen LogP contribution is 2.30. The number of hydrogen-bond acceptors (Lipinski definition) is 6. The van der Waals surface area contributed by atoms with E-state index in [4.69, 9.17) is 0 Å². The monoisotopic (exact) mass is 393 g/mol. The van der Waals surface area contributed by atoms with Gasteiger partial charge in [0.15, 0.2) is 0 Å². The molecule has 1 amide bonds. The van der Waals surface area contributed by atoms with Gasteiger partial charge < -0.3 is 14.8 Å². The van der Waals surface area contributed by atoms with Crippen LogP contribution in [0.15, 0.2) is 54.4 Å². The SMILES string of the molecule is CC(C)(CO)NC(=O)c1cc(-c2csc(-c3cnccn3)n2)n2ccccc12. The van der Waals surface area contributed by atoms with E-state index in [1.807, 2.05) is 40.2 Å². The summed E-state index contributed by atoms with van der Waals surface area (Å²) in [5.74, 6) is -0.238. The Morgan fingerprint density at radius 1 is 1.29 bits per heavy atom. The van der Waals surface area contributed by atoms with Crippen molar-refractivity contribution in [1.29, 1.82) is 0 Å². The van der Waals surface area contributed by atoms with Crippen molar-refractivity contribution in [3.05, 3.63) is 60.0 Å². The van der Waals surface area contributed by atoms with Gasteiger partial charge in [-0.2, -0.15) is 0 Å². The van der Waals surface area contributed by atoms with Gasteiger partial charge in [-0.1, -0.05) is 6.07 Å². The lowest BCUT2D eigenvalue weighted by atomic mass is 10.1. The normalized spacial score (nSPS) is 11.7. The van der Waals surface area contributed by atoms with Crippen LogP contribution in [0.25, 0.3) is 27.6 Å². The number of carbonyl (C=O) groups is 1. The Hall–Kier alpha value is -3.10. The Morgan fingerprint density at radius 2 is 2.14 bits per heavy atom. The van der Waals surface area contributed by atoms with E-state index in [1.54, 1.807) is 32.4 Å². The van der Waals surface area contributed by atoms with Crippen LogP contribution in [0, 0.1) is 0 Å². The molecule has 4 aromatic heterocycles. The van der Waals surface area contributed by atoms with Crippen LogP contribution in [0.2, 0.25) is 0 Å². The lowest BCUT2D eigenvalue weighted by Crippen LogP contribution is -2.46. The van der Waals surface area contributed by atoms with Crippen molar-refractivity contribution in [2.24, 2.45) is 0 Å². The molecule has 4 aromatic rings. The summed E-state index contributed by atoms with van der Waals surface area (Å²) in [6.45, 7) is 3.40. The molecule has 0 bridgehead atoms. The summed E-state index contributed by atoms with van der Waals surface area (Å²) in [4.78, 5) is 25.9. The molecule has 2 N–H and O–H groups in total. The minimum absolute atomic E-state index is 0.148. The van der Waals surface area contributed by atoms with Gasteiger partial charge in [-0.05, 0) is 32.0 Å². The maximum Gasteiger partial charge on any atom is 0.253 e. The minimum Gasteiger partial charge on any atom is -0.394 e. The molecule has 4 heterocycles. The number of nitrogens with one attached hydrogen (secondary N) is 1. The fourth-order valence-electron chi connectivity index (χ4n) is 2.86. The number of rotatable bonds is 5. The average Bonchev–Trinajstić information content (AvgIpc) is 3.33. The molecule has 0 aliphatic rings. The second kappa shape index (κ2) is 7.14. The highest BCUT2D eigenvalue weighted by molar-refractivity contribution is 7.13. The largest absolute Gasteiger partial charge is 0.394 e. The van der Waals surface area contributed by atoms with E-state index in [0.717, 1.165) is 21.9 Å². The van der Waals surface area contributed by atoms with Crippen LogP contribution in [0.4, 0.5) is 0 Å². The summed E-state index contributed by atoms with van der Waals surface area (Å²) in [5, 5.41) is 15.0. The molecule has 7 nitrogen and oxygen atoms in total. The van der Waals surface area contributed by atoms with Crippen LogP contribution >= 0.6 is 11.3 Å². The van der Waals surface area contributed by atoms with Crippen molar-refractivity contribution in [3.8, 4) is 22.1 Å². The van der Waals surface area contributed by atoms with Gasteiger partial charge in [0.1, 0.15) is 10.7 Å². The predicted molar refractivity (Wildman–Crippen MR) is 108 cm³/mol. The van der Waals surface area contributed by atoms with Crippen molar-refractivity contribution in [2.45, 2.75) is 19.4 Å². The number of aliphatic hydroxyl groups is 1. The second-order valence-electron chi connectivity index (χ2n) is 7.02. The molecule has 0 saturated carbocycles. The fourth-order valence-corrected chi connectivity index (χ4v) is 3.64. The van der Waals surface area contributed by atoms with Crippen molar-refractivity contribution in [1.82, 2.24) is 24.7 Å². The zero-order chi connectivity index (χ0) is 19.7. The van der Waals surface area contributed by atoms with E-state index in [2.05, 4.69) is 20.3 Å². The lowest BCUT2D eigenvalue weighted by molar-refractivity contribution is 0.0871.